The van der Waals surface area contributed by atoms with Crippen LogP contribution < -0.4 is 5.32 Å². The highest BCUT2D eigenvalue weighted by molar-refractivity contribution is 9.10. The molecule has 1 atom stereocenters. The minimum Gasteiger partial charge on any atom is -0.339 e. The normalized spacial score (nSPS) is 23.1. The van der Waals surface area contributed by atoms with Crippen molar-refractivity contribution in [1.82, 2.24) is 14.8 Å². The second-order valence-electron chi connectivity index (χ2n) is 6.00. The Morgan fingerprint density at radius 1 is 1.45 bits per heavy atom. The average Bonchev–Trinajstić information content (AvgIpc) is 3.21. The standard InChI is InChI=1S/C15H22BrN3O/c1-17-8-11-3-2-6-18(9-11)15(20)14-7-12(16)10-19(14)13-4-5-13/h7,10-11,13,17H,2-6,8-9H2,1H3. The van der Waals surface area contributed by atoms with E-state index in [0.717, 1.165) is 36.2 Å². The number of aromatic nitrogens is 1. The van der Waals surface area contributed by atoms with Gasteiger partial charge in [0.1, 0.15) is 5.69 Å². The molecule has 4 nitrogen and oxygen atoms in total. The Kier molecular flexibility index (Phi) is 4.17. The van der Waals surface area contributed by atoms with Gasteiger partial charge in [-0.2, -0.15) is 0 Å². The number of nitrogens with one attached hydrogen (secondary N) is 1. The van der Waals surface area contributed by atoms with Crippen molar-refractivity contribution in [3.63, 3.8) is 0 Å². The van der Waals surface area contributed by atoms with Crippen molar-refractivity contribution in [3.8, 4) is 0 Å². The molecule has 1 aliphatic heterocycles. The summed E-state index contributed by atoms with van der Waals surface area (Å²) in [5.41, 5.74) is 0.851. The van der Waals surface area contributed by atoms with Crippen molar-refractivity contribution >= 4 is 21.8 Å². The Morgan fingerprint density at radius 2 is 2.25 bits per heavy atom. The van der Waals surface area contributed by atoms with Gasteiger partial charge in [-0.3, -0.25) is 4.79 Å². The predicted octanol–water partition coefficient (Wildman–Crippen LogP) is 2.66. The first-order chi connectivity index (χ1) is 9.69. The van der Waals surface area contributed by atoms with E-state index in [9.17, 15) is 4.79 Å². The van der Waals surface area contributed by atoms with Gasteiger partial charge in [-0.15, -0.1) is 0 Å². The van der Waals surface area contributed by atoms with E-state index >= 15 is 0 Å². The Labute approximate surface area is 128 Å². The average molecular weight is 340 g/mol. The molecule has 5 heteroatoms. The number of halogens is 1. The maximum atomic E-state index is 12.8. The summed E-state index contributed by atoms with van der Waals surface area (Å²) in [4.78, 5) is 14.8. The third-order valence-electron chi connectivity index (χ3n) is 4.27. The quantitative estimate of drug-likeness (QED) is 0.915. The smallest absolute Gasteiger partial charge is 0.270 e. The maximum Gasteiger partial charge on any atom is 0.270 e. The minimum absolute atomic E-state index is 0.198. The molecule has 1 saturated heterocycles. The van der Waals surface area contributed by atoms with Crippen molar-refractivity contribution in [1.29, 1.82) is 0 Å². The number of hydrogen-bond donors (Lipinski definition) is 1. The second-order valence-corrected chi connectivity index (χ2v) is 6.91. The van der Waals surface area contributed by atoms with Gasteiger partial charge in [0.05, 0.1) is 0 Å². The molecule has 2 aliphatic rings. The van der Waals surface area contributed by atoms with Gasteiger partial charge in [-0.25, -0.2) is 0 Å². The van der Waals surface area contributed by atoms with E-state index in [4.69, 9.17) is 0 Å². The number of likely N-dealkylation sites (tertiary alicyclic amines) is 1. The monoisotopic (exact) mass is 339 g/mol. The Bertz CT molecular complexity index is 493. The van der Waals surface area contributed by atoms with Crippen LogP contribution in [-0.4, -0.2) is 42.1 Å². The first kappa shape index (κ1) is 14.1. The number of nitrogens with zero attached hydrogens (tertiary/aromatic N) is 2. The number of amides is 1. The lowest BCUT2D eigenvalue weighted by Crippen LogP contribution is -2.43. The molecular formula is C15H22BrN3O. The molecule has 2 heterocycles. The van der Waals surface area contributed by atoms with E-state index in [1.54, 1.807) is 0 Å². The molecular weight excluding hydrogens is 318 g/mol. The molecule has 1 unspecified atom stereocenters. The lowest BCUT2D eigenvalue weighted by molar-refractivity contribution is 0.0663. The minimum atomic E-state index is 0.198. The van der Waals surface area contributed by atoms with E-state index in [2.05, 4.69) is 32.0 Å². The fourth-order valence-corrected chi connectivity index (χ4v) is 3.58. The van der Waals surface area contributed by atoms with Crippen molar-refractivity contribution < 1.29 is 4.79 Å². The first-order valence-corrected chi connectivity index (χ1v) is 8.29. The molecule has 1 amide bonds. The highest BCUT2D eigenvalue weighted by Crippen LogP contribution is 2.38. The lowest BCUT2D eigenvalue weighted by Gasteiger charge is -2.33. The van der Waals surface area contributed by atoms with Crippen LogP contribution in [0, 0.1) is 5.92 Å². The third kappa shape index (κ3) is 2.93. The summed E-state index contributed by atoms with van der Waals surface area (Å²) < 4.78 is 3.17. The molecule has 110 valence electrons. The van der Waals surface area contributed by atoms with Crippen LogP contribution in [0.4, 0.5) is 0 Å². The molecule has 1 N–H and O–H groups in total. The van der Waals surface area contributed by atoms with Gasteiger partial charge in [0, 0.05) is 29.8 Å². The molecule has 1 aliphatic carbocycles. The molecule has 0 bridgehead atoms. The number of carbonyl (C=O) groups is 1. The molecule has 0 aromatic carbocycles. The van der Waals surface area contributed by atoms with Gasteiger partial charge in [0.25, 0.3) is 5.91 Å². The molecule has 20 heavy (non-hydrogen) atoms. The summed E-state index contributed by atoms with van der Waals surface area (Å²) in [7, 11) is 1.98. The van der Waals surface area contributed by atoms with Crippen LogP contribution in [0.5, 0.6) is 0 Å². The summed E-state index contributed by atoms with van der Waals surface area (Å²) in [6, 6.07) is 2.51. The van der Waals surface area contributed by atoms with Crippen molar-refractivity contribution in [2.24, 2.45) is 5.92 Å². The molecule has 2 fully saturated rings. The second kappa shape index (κ2) is 5.90. The van der Waals surface area contributed by atoms with E-state index in [1.807, 2.05) is 18.0 Å². The van der Waals surface area contributed by atoms with Gasteiger partial charge in [0.2, 0.25) is 0 Å². The number of rotatable bonds is 4. The van der Waals surface area contributed by atoms with Gasteiger partial charge < -0.3 is 14.8 Å². The van der Waals surface area contributed by atoms with Crippen LogP contribution in [0.25, 0.3) is 0 Å². The van der Waals surface area contributed by atoms with E-state index in [-0.39, 0.29) is 5.91 Å². The third-order valence-corrected chi connectivity index (χ3v) is 4.71. The maximum absolute atomic E-state index is 12.8. The molecule has 1 aromatic heterocycles. The molecule has 1 saturated carbocycles. The number of piperidine rings is 1. The van der Waals surface area contributed by atoms with Crippen molar-refractivity contribution in [3.05, 3.63) is 22.4 Å². The Hall–Kier alpha value is -0.810. The van der Waals surface area contributed by atoms with Crippen LogP contribution in [0.15, 0.2) is 16.7 Å². The van der Waals surface area contributed by atoms with Crippen LogP contribution in [0.1, 0.15) is 42.2 Å². The number of carbonyl (C=O) groups excluding carboxylic acids is 1. The summed E-state index contributed by atoms with van der Waals surface area (Å²) in [6.07, 6.45) is 6.79. The molecule has 0 spiro atoms. The summed E-state index contributed by atoms with van der Waals surface area (Å²) >= 11 is 3.51. The van der Waals surface area contributed by atoms with Crippen LogP contribution in [-0.2, 0) is 0 Å². The Balaban J connectivity index is 1.74. The van der Waals surface area contributed by atoms with Gasteiger partial charge >= 0.3 is 0 Å². The Morgan fingerprint density at radius 3 is 2.95 bits per heavy atom. The zero-order valence-corrected chi connectivity index (χ0v) is 13.5. The fraction of sp³-hybridized carbons (Fsp3) is 0.667. The zero-order chi connectivity index (χ0) is 14.1. The SMILES string of the molecule is CNCC1CCCN(C(=O)c2cc(Br)cn2C2CC2)C1. The summed E-state index contributed by atoms with van der Waals surface area (Å²) in [5.74, 6) is 0.786. The largest absolute Gasteiger partial charge is 0.339 e. The van der Waals surface area contributed by atoms with Crippen LogP contribution in [0.2, 0.25) is 0 Å². The van der Waals surface area contributed by atoms with Crippen LogP contribution >= 0.6 is 15.9 Å². The lowest BCUT2D eigenvalue weighted by atomic mass is 9.98. The molecule has 0 radical (unpaired) electrons. The van der Waals surface area contributed by atoms with Crippen molar-refractivity contribution in [2.45, 2.75) is 31.7 Å². The highest BCUT2D eigenvalue weighted by atomic mass is 79.9. The van der Waals surface area contributed by atoms with Crippen LogP contribution in [0.3, 0.4) is 0 Å². The van der Waals surface area contributed by atoms with Gasteiger partial charge in [-0.1, -0.05) is 0 Å². The zero-order valence-electron chi connectivity index (χ0n) is 11.9. The van der Waals surface area contributed by atoms with Gasteiger partial charge in [-0.05, 0) is 67.2 Å². The summed E-state index contributed by atoms with van der Waals surface area (Å²) in [6.45, 7) is 2.77. The van der Waals surface area contributed by atoms with E-state index in [1.165, 1.54) is 19.3 Å². The van der Waals surface area contributed by atoms with Crippen molar-refractivity contribution in [2.75, 3.05) is 26.7 Å². The summed E-state index contributed by atoms with van der Waals surface area (Å²) in [5, 5.41) is 3.23. The molecule has 1 aromatic rings. The fourth-order valence-electron chi connectivity index (χ4n) is 3.14. The predicted molar refractivity (Wildman–Crippen MR) is 83.0 cm³/mol. The topological polar surface area (TPSA) is 37.3 Å². The first-order valence-electron chi connectivity index (χ1n) is 7.50. The van der Waals surface area contributed by atoms with Gasteiger partial charge in [0.15, 0.2) is 0 Å². The van der Waals surface area contributed by atoms with E-state index in [0.29, 0.717) is 12.0 Å². The molecule has 3 rings (SSSR count). The highest BCUT2D eigenvalue weighted by Gasteiger charge is 2.31. The van der Waals surface area contributed by atoms with E-state index < -0.39 is 0 Å². The number of hydrogen-bond acceptors (Lipinski definition) is 2.